The maximum absolute atomic E-state index is 12.7. The number of carbonyl (C=O) groups is 2. The summed E-state index contributed by atoms with van der Waals surface area (Å²) in [6.45, 7) is 0. The molecule has 0 aliphatic heterocycles. The lowest BCUT2D eigenvalue weighted by molar-refractivity contribution is -0.147. The third-order valence-corrected chi connectivity index (χ3v) is 8.37. The van der Waals surface area contributed by atoms with Gasteiger partial charge in [-0.1, -0.05) is 53.9 Å². The van der Waals surface area contributed by atoms with Crippen LogP contribution in [0.2, 0.25) is 10.0 Å². The van der Waals surface area contributed by atoms with E-state index in [0.29, 0.717) is 28.6 Å². The molecule has 1 amide bonds. The number of benzene rings is 2. The average molecular weight is 495 g/mol. The van der Waals surface area contributed by atoms with E-state index in [2.05, 4.69) is 10.3 Å². The highest BCUT2D eigenvalue weighted by molar-refractivity contribution is 8.00. The second kappa shape index (κ2) is 9.77. The van der Waals surface area contributed by atoms with Gasteiger partial charge in [0.15, 0.2) is 4.34 Å². The number of hydrogen-bond donors (Lipinski definition) is 2. The Morgan fingerprint density at radius 3 is 2.61 bits per heavy atom. The van der Waals surface area contributed by atoms with E-state index in [-0.39, 0.29) is 5.91 Å². The number of thioether (sulfide) groups is 1. The molecule has 31 heavy (non-hydrogen) atoms. The molecule has 1 aliphatic carbocycles. The Kier molecular flexibility index (Phi) is 7.06. The van der Waals surface area contributed by atoms with Crippen molar-refractivity contribution in [3.05, 3.63) is 52.0 Å². The van der Waals surface area contributed by atoms with Gasteiger partial charge >= 0.3 is 5.97 Å². The number of nitrogens with one attached hydrogen (secondary N) is 1. The number of anilines is 1. The molecule has 1 aliphatic rings. The summed E-state index contributed by atoms with van der Waals surface area (Å²) in [5, 5.41) is 13.4. The van der Waals surface area contributed by atoms with Gasteiger partial charge in [0.05, 0.1) is 32.1 Å². The first kappa shape index (κ1) is 22.4. The number of aromatic nitrogens is 1. The summed E-state index contributed by atoms with van der Waals surface area (Å²) in [4.78, 5) is 28.9. The third kappa shape index (κ3) is 5.34. The molecule has 0 radical (unpaired) electrons. The Hall–Kier alpha value is -1.80. The zero-order chi connectivity index (χ0) is 22.0. The monoisotopic (exact) mass is 494 g/mol. The van der Waals surface area contributed by atoms with Crippen LogP contribution in [-0.2, 0) is 15.3 Å². The van der Waals surface area contributed by atoms with Crippen LogP contribution in [0.15, 0.2) is 40.7 Å². The summed E-state index contributed by atoms with van der Waals surface area (Å²) >= 11 is 15.2. The Labute approximate surface area is 198 Å². The Morgan fingerprint density at radius 1 is 1.10 bits per heavy atom. The van der Waals surface area contributed by atoms with Crippen LogP contribution in [0.5, 0.6) is 0 Å². The van der Waals surface area contributed by atoms with E-state index in [4.69, 9.17) is 23.2 Å². The normalized spacial score (nSPS) is 18.8. The number of carboxylic acid groups (broad SMARTS) is 1. The van der Waals surface area contributed by atoms with Gasteiger partial charge in [0.1, 0.15) is 0 Å². The highest BCUT2D eigenvalue weighted by atomic mass is 35.5. The molecule has 2 aromatic carbocycles. The number of halogens is 2. The maximum atomic E-state index is 12.7. The van der Waals surface area contributed by atoms with E-state index in [1.807, 2.05) is 30.3 Å². The predicted octanol–water partition coefficient (Wildman–Crippen LogP) is 6.72. The summed E-state index contributed by atoms with van der Waals surface area (Å²) < 4.78 is 1.88. The fourth-order valence-corrected chi connectivity index (χ4v) is 6.16. The molecule has 1 fully saturated rings. The minimum atomic E-state index is -0.888. The number of carboxylic acids is 1. The third-order valence-electron chi connectivity index (χ3n) is 5.40. The van der Waals surface area contributed by atoms with Gasteiger partial charge in [-0.3, -0.25) is 9.59 Å². The molecule has 3 aromatic rings. The summed E-state index contributed by atoms with van der Waals surface area (Å²) in [5.41, 5.74) is 2.59. The Morgan fingerprint density at radius 2 is 1.87 bits per heavy atom. The summed E-state index contributed by atoms with van der Waals surface area (Å²) in [6.07, 6.45) is 2.91. The van der Waals surface area contributed by atoms with Gasteiger partial charge < -0.3 is 10.4 Å². The lowest BCUT2D eigenvalue weighted by Gasteiger charge is -2.27. The van der Waals surface area contributed by atoms with E-state index in [0.717, 1.165) is 38.7 Å². The summed E-state index contributed by atoms with van der Waals surface area (Å²) in [7, 11) is 0. The zero-order valence-electron chi connectivity index (χ0n) is 16.4. The fraction of sp³-hybridized carbons (Fsp3) is 0.318. The number of thiazole rings is 1. The van der Waals surface area contributed by atoms with Gasteiger partial charge in [-0.05, 0) is 48.7 Å². The highest BCUT2D eigenvalue weighted by Crippen LogP contribution is 2.35. The molecule has 0 spiro atoms. The summed E-state index contributed by atoms with van der Waals surface area (Å²) in [5.74, 6) is -1.48. The van der Waals surface area contributed by atoms with Gasteiger partial charge in [0, 0.05) is 11.4 Å². The molecule has 9 heteroatoms. The minimum absolute atomic E-state index is 0.217. The molecule has 0 saturated heterocycles. The Balaban J connectivity index is 1.44. The van der Waals surface area contributed by atoms with E-state index in [9.17, 15) is 14.7 Å². The van der Waals surface area contributed by atoms with Gasteiger partial charge in [-0.15, -0.1) is 11.3 Å². The number of fused-ring (bicyclic) bond motifs is 1. The first-order valence-corrected chi connectivity index (χ1v) is 12.5. The van der Waals surface area contributed by atoms with E-state index < -0.39 is 17.8 Å². The van der Waals surface area contributed by atoms with Gasteiger partial charge in [0.25, 0.3) is 0 Å². The van der Waals surface area contributed by atoms with Crippen LogP contribution >= 0.6 is 46.3 Å². The van der Waals surface area contributed by atoms with E-state index in [1.54, 1.807) is 29.2 Å². The zero-order valence-corrected chi connectivity index (χ0v) is 19.6. The standard InChI is InChI=1S/C22H20Cl2N2O3S2/c23-16-7-5-12(9-17(16)24)11-30-22-26-18-8-6-13(10-19(18)31-22)25-20(27)14-3-1-2-4-15(14)21(28)29/h5-10,14-15H,1-4,11H2,(H,25,27)(H,28,29)/t14-,15+/m1/s1. The predicted molar refractivity (Wildman–Crippen MR) is 127 cm³/mol. The molecular formula is C22H20Cl2N2O3S2. The lowest BCUT2D eigenvalue weighted by atomic mass is 9.78. The van der Waals surface area contributed by atoms with Crippen molar-refractivity contribution < 1.29 is 14.7 Å². The summed E-state index contributed by atoms with van der Waals surface area (Å²) in [6, 6.07) is 11.2. The first-order valence-electron chi connectivity index (χ1n) is 9.91. The van der Waals surface area contributed by atoms with Gasteiger partial charge in [-0.2, -0.15) is 0 Å². The maximum Gasteiger partial charge on any atom is 0.307 e. The van der Waals surface area contributed by atoms with Crippen LogP contribution in [0, 0.1) is 11.8 Å². The van der Waals surface area contributed by atoms with Crippen molar-refractivity contribution in [1.29, 1.82) is 0 Å². The molecule has 4 rings (SSSR count). The molecule has 0 unspecified atom stereocenters. The number of amides is 1. The molecule has 1 aromatic heterocycles. The second-order valence-electron chi connectivity index (χ2n) is 7.52. The van der Waals surface area contributed by atoms with Crippen molar-refractivity contribution in [3.63, 3.8) is 0 Å². The van der Waals surface area contributed by atoms with Crippen molar-refractivity contribution in [2.75, 3.05) is 5.32 Å². The van der Waals surface area contributed by atoms with Crippen molar-refractivity contribution in [3.8, 4) is 0 Å². The topological polar surface area (TPSA) is 79.3 Å². The van der Waals surface area contributed by atoms with E-state index in [1.165, 1.54) is 0 Å². The van der Waals surface area contributed by atoms with Crippen molar-refractivity contribution >= 4 is 74.1 Å². The molecule has 0 bridgehead atoms. The Bertz CT molecular complexity index is 1140. The second-order valence-corrected chi connectivity index (χ2v) is 10.6. The van der Waals surface area contributed by atoms with Crippen LogP contribution in [0.25, 0.3) is 10.2 Å². The smallest absolute Gasteiger partial charge is 0.307 e. The van der Waals surface area contributed by atoms with Crippen LogP contribution in [0.4, 0.5) is 5.69 Å². The minimum Gasteiger partial charge on any atom is -0.481 e. The van der Waals surface area contributed by atoms with Crippen LogP contribution in [-0.4, -0.2) is 22.0 Å². The number of carbonyl (C=O) groups excluding carboxylic acids is 1. The van der Waals surface area contributed by atoms with Crippen molar-refractivity contribution in [2.45, 2.75) is 35.8 Å². The highest BCUT2D eigenvalue weighted by Gasteiger charge is 2.35. The van der Waals surface area contributed by atoms with E-state index >= 15 is 0 Å². The van der Waals surface area contributed by atoms with Gasteiger partial charge in [-0.25, -0.2) is 4.98 Å². The number of rotatable bonds is 6. The molecule has 1 heterocycles. The van der Waals surface area contributed by atoms with Crippen molar-refractivity contribution in [2.24, 2.45) is 11.8 Å². The van der Waals surface area contributed by atoms with Crippen LogP contribution in [0.3, 0.4) is 0 Å². The molecule has 5 nitrogen and oxygen atoms in total. The van der Waals surface area contributed by atoms with Gasteiger partial charge in [0.2, 0.25) is 5.91 Å². The molecule has 1 saturated carbocycles. The van der Waals surface area contributed by atoms with Crippen molar-refractivity contribution in [1.82, 2.24) is 4.98 Å². The lowest BCUT2D eigenvalue weighted by Crippen LogP contribution is -2.36. The molecule has 2 N–H and O–H groups in total. The first-order chi connectivity index (χ1) is 14.9. The number of aliphatic carboxylic acids is 1. The van der Waals surface area contributed by atoms with Crippen LogP contribution < -0.4 is 5.32 Å². The average Bonchev–Trinajstić information content (AvgIpc) is 3.16. The van der Waals surface area contributed by atoms with Crippen LogP contribution in [0.1, 0.15) is 31.2 Å². The quantitative estimate of drug-likeness (QED) is 0.371. The number of hydrogen-bond acceptors (Lipinski definition) is 5. The fourth-order valence-electron chi connectivity index (χ4n) is 3.79. The molecule has 162 valence electrons. The molecular weight excluding hydrogens is 475 g/mol. The molecule has 2 atom stereocenters. The SMILES string of the molecule is O=C(O)[C@H]1CCCC[C@H]1C(=O)Nc1ccc2nc(SCc3ccc(Cl)c(Cl)c3)sc2c1. The number of nitrogens with zero attached hydrogens (tertiary/aromatic N) is 1. The largest absolute Gasteiger partial charge is 0.481 e.